The third kappa shape index (κ3) is 4.01. The maximum atomic E-state index is 4.42. The van der Waals surface area contributed by atoms with Gasteiger partial charge in [-0.1, -0.05) is 0 Å². The van der Waals surface area contributed by atoms with Crippen LogP contribution in [0.2, 0.25) is 0 Å². The molecule has 0 fully saturated rings. The largest absolute Gasteiger partial charge is 0.354 e. The molecule has 0 saturated heterocycles. The van der Waals surface area contributed by atoms with E-state index in [-0.39, 0.29) is 6.04 Å². The maximum absolute atomic E-state index is 4.42. The molecule has 2 aromatic heterocycles. The standard InChI is InChI=1S/C14H21N7/c1-5-16-12-18-13(20-14(19-12)21(3)4)17-10(2)11-6-8-15-9-7-11/h6-10H,5H2,1-4H3,(H2,16,17,18,19,20). The van der Waals surface area contributed by atoms with E-state index in [1.807, 2.05) is 38.1 Å². The number of nitrogens with one attached hydrogen (secondary N) is 2. The summed E-state index contributed by atoms with van der Waals surface area (Å²) in [5.41, 5.74) is 1.13. The van der Waals surface area contributed by atoms with Crippen LogP contribution in [0, 0.1) is 0 Å². The number of hydrogen-bond acceptors (Lipinski definition) is 7. The zero-order chi connectivity index (χ0) is 15.2. The molecule has 0 aromatic carbocycles. The Balaban J connectivity index is 2.22. The molecule has 1 unspecified atom stereocenters. The first-order valence-electron chi connectivity index (χ1n) is 6.94. The van der Waals surface area contributed by atoms with Crippen LogP contribution in [-0.4, -0.2) is 40.6 Å². The number of anilines is 3. The molecule has 0 radical (unpaired) electrons. The molecular formula is C14H21N7. The second-order valence-electron chi connectivity index (χ2n) is 4.85. The lowest BCUT2D eigenvalue weighted by Gasteiger charge is -2.17. The van der Waals surface area contributed by atoms with Crippen molar-refractivity contribution in [3.05, 3.63) is 30.1 Å². The van der Waals surface area contributed by atoms with Crippen molar-refractivity contribution in [2.24, 2.45) is 0 Å². The Hall–Kier alpha value is -2.44. The number of pyridine rings is 1. The summed E-state index contributed by atoms with van der Waals surface area (Å²) in [6.45, 7) is 4.82. The Morgan fingerprint density at radius 2 is 1.76 bits per heavy atom. The molecule has 7 nitrogen and oxygen atoms in total. The van der Waals surface area contributed by atoms with Crippen LogP contribution in [0.25, 0.3) is 0 Å². The van der Waals surface area contributed by atoms with Gasteiger partial charge in [-0.05, 0) is 31.5 Å². The molecule has 112 valence electrons. The molecule has 0 spiro atoms. The average Bonchev–Trinajstić information content (AvgIpc) is 2.48. The highest BCUT2D eigenvalue weighted by molar-refractivity contribution is 5.44. The van der Waals surface area contributed by atoms with Crippen LogP contribution in [0.4, 0.5) is 17.8 Å². The van der Waals surface area contributed by atoms with E-state index in [2.05, 4.69) is 37.5 Å². The van der Waals surface area contributed by atoms with Crippen molar-refractivity contribution in [3.63, 3.8) is 0 Å². The lowest BCUT2D eigenvalue weighted by Crippen LogP contribution is -2.18. The van der Waals surface area contributed by atoms with Crippen molar-refractivity contribution in [1.29, 1.82) is 0 Å². The number of aromatic nitrogens is 4. The fraction of sp³-hybridized carbons (Fsp3) is 0.429. The Morgan fingerprint density at radius 3 is 2.38 bits per heavy atom. The van der Waals surface area contributed by atoms with Gasteiger partial charge in [-0.3, -0.25) is 4.98 Å². The summed E-state index contributed by atoms with van der Waals surface area (Å²) in [5.74, 6) is 1.74. The fourth-order valence-corrected chi connectivity index (χ4v) is 1.80. The van der Waals surface area contributed by atoms with Crippen LogP contribution < -0.4 is 15.5 Å². The number of hydrogen-bond donors (Lipinski definition) is 2. The van der Waals surface area contributed by atoms with Crippen LogP contribution in [0.15, 0.2) is 24.5 Å². The molecule has 2 aromatic rings. The third-order valence-corrected chi connectivity index (χ3v) is 2.91. The van der Waals surface area contributed by atoms with E-state index in [0.29, 0.717) is 17.8 Å². The number of nitrogens with zero attached hydrogens (tertiary/aromatic N) is 5. The first kappa shape index (κ1) is 15.0. The first-order valence-corrected chi connectivity index (χ1v) is 6.94. The molecular weight excluding hydrogens is 266 g/mol. The highest BCUT2D eigenvalue weighted by Gasteiger charge is 2.11. The molecule has 1 atom stereocenters. The Labute approximate surface area is 124 Å². The molecule has 0 aliphatic heterocycles. The van der Waals surface area contributed by atoms with Crippen LogP contribution in [0.5, 0.6) is 0 Å². The summed E-state index contributed by atoms with van der Waals surface area (Å²) < 4.78 is 0. The smallest absolute Gasteiger partial charge is 0.231 e. The summed E-state index contributed by atoms with van der Waals surface area (Å²) in [6.07, 6.45) is 3.55. The molecule has 0 amide bonds. The molecule has 2 heterocycles. The van der Waals surface area contributed by atoms with E-state index >= 15 is 0 Å². The second kappa shape index (κ2) is 6.83. The van der Waals surface area contributed by atoms with Gasteiger partial charge in [0.05, 0.1) is 6.04 Å². The molecule has 0 saturated carbocycles. The topological polar surface area (TPSA) is 78.9 Å². The van der Waals surface area contributed by atoms with Crippen molar-refractivity contribution in [2.45, 2.75) is 19.9 Å². The van der Waals surface area contributed by atoms with Crippen LogP contribution in [0.3, 0.4) is 0 Å². The van der Waals surface area contributed by atoms with Gasteiger partial charge in [-0.2, -0.15) is 15.0 Å². The van der Waals surface area contributed by atoms with Crippen LogP contribution in [-0.2, 0) is 0 Å². The van der Waals surface area contributed by atoms with Crippen molar-refractivity contribution in [1.82, 2.24) is 19.9 Å². The summed E-state index contributed by atoms with van der Waals surface area (Å²) >= 11 is 0. The Morgan fingerprint density at radius 1 is 1.10 bits per heavy atom. The van der Waals surface area contributed by atoms with Gasteiger partial charge >= 0.3 is 0 Å². The number of rotatable bonds is 6. The lowest BCUT2D eigenvalue weighted by molar-refractivity contribution is 0.844. The van der Waals surface area contributed by atoms with E-state index < -0.39 is 0 Å². The predicted octanol–water partition coefficient (Wildman–Crippen LogP) is 1.94. The minimum atomic E-state index is 0.0832. The molecule has 7 heteroatoms. The zero-order valence-corrected chi connectivity index (χ0v) is 12.8. The van der Waals surface area contributed by atoms with Gasteiger partial charge in [0.1, 0.15) is 0 Å². The minimum Gasteiger partial charge on any atom is -0.354 e. The molecule has 21 heavy (non-hydrogen) atoms. The SMILES string of the molecule is CCNc1nc(NC(C)c2ccncc2)nc(N(C)C)n1. The van der Waals surface area contributed by atoms with Crippen molar-refractivity contribution in [3.8, 4) is 0 Å². The fourth-order valence-electron chi connectivity index (χ4n) is 1.80. The van der Waals surface area contributed by atoms with Crippen LogP contribution in [0.1, 0.15) is 25.5 Å². The normalized spacial score (nSPS) is 11.8. The van der Waals surface area contributed by atoms with E-state index in [9.17, 15) is 0 Å². The summed E-state index contributed by atoms with van der Waals surface area (Å²) in [6, 6.07) is 4.02. The van der Waals surface area contributed by atoms with E-state index in [1.54, 1.807) is 12.4 Å². The van der Waals surface area contributed by atoms with Crippen molar-refractivity contribution in [2.75, 3.05) is 36.2 Å². The predicted molar refractivity (Wildman–Crippen MR) is 84.6 cm³/mol. The molecule has 2 N–H and O–H groups in total. The quantitative estimate of drug-likeness (QED) is 0.840. The van der Waals surface area contributed by atoms with Crippen LogP contribution >= 0.6 is 0 Å². The Bertz CT molecular complexity index is 571. The summed E-state index contributed by atoms with van der Waals surface area (Å²) in [4.78, 5) is 19.0. The lowest BCUT2D eigenvalue weighted by atomic mass is 10.1. The van der Waals surface area contributed by atoms with E-state index in [1.165, 1.54) is 0 Å². The van der Waals surface area contributed by atoms with Crippen molar-refractivity contribution < 1.29 is 0 Å². The zero-order valence-electron chi connectivity index (χ0n) is 12.8. The van der Waals surface area contributed by atoms with Gasteiger partial charge in [-0.25, -0.2) is 0 Å². The maximum Gasteiger partial charge on any atom is 0.231 e. The van der Waals surface area contributed by atoms with Crippen molar-refractivity contribution >= 4 is 17.8 Å². The van der Waals surface area contributed by atoms with Gasteiger partial charge < -0.3 is 15.5 Å². The van der Waals surface area contributed by atoms with Gasteiger partial charge in [0.15, 0.2) is 0 Å². The second-order valence-corrected chi connectivity index (χ2v) is 4.85. The summed E-state index contributed by atoms with van der Waals surface area (Å²) in [7, 11) is 3.81. The van der Waals surface area contributed by atoms with Gasteiger partial charge in [0.2, 0.25) is 17.8 Å². The highest BCUT2D eigenvalue weighted by Crippen LogP contribution is 2.18. The Kier molecular flexibility index (Phi) is 4.86. The van der Waals surface area contributed by atoms with Gasteiger partial charge in [0.25, 0.3) is 0 Å². The first-order chi connectivity index (χ1) is 10.1. The molecule has 0 bridgehead atoms. The average molecular weight is 287 g/mol. The molecule has 0 aliphatic rings. The molecule has 2 rings (SSSR count). The van der Waals surface area contributed by atoms with Gasteiger partial charge in [-0.15, -0.1) is 0 Å². The summed E-state index contributed by atoms with van der Waals surface area (Å²) in [5, 5.41) is 6.41. The van der Waals surface area contributed by atoms with E-state index in [0.717, 1.165) is 12.1 Å². The van der Waals surface area contributed by atoms with E-state index in [4.69, 9.17) is 0 Å². The highest BCUT2D eigenvalue weighted by atomic mass is 15.3. The molecule has 0 aliphatic carbocycles. The third-order valence-electron chi connectivity index (χ3n) is 2.91. The minimum absolute atomic E-state index is 0.0832. The monoisotopic (exact) mass is 287 g/mol. The van der Waals surface area contributed by atoms with Gasteiger partial charge in [0, 0.05) is 33.0 Å².